The Kier molecular flexibility index (Phi) is 6.37. The molecule has 0 bridgehead atoms. The van der Waals surface area contributed by atoms with Gasteiger partial charge >= 0.3 is 0 Å². The summed E-state index contributed by atoms with van der Waals surface area (Å²) in [4.78, 5) is 41.7. The van der Waals surface area contributed by atoms with Gasteiger partial charge in [0.1, 0.15) is 21.6 Å². The van der Waals surface area contributed by atoms with Crippen LogP contribution in [0.15, 0.2) is 24.7 Å². The summed E-state index contributed by atoms with van der Waals surface area (Å²) < 4.78 is 0. The third-order valence-corrected chi connectivity index (χ3v) is 9.00. The van der Waals surface area contributed by atoms with Crippen LogP contribution in [-0.2, 0) is 4.79 Å². The van der Waals surface area contributed by atoms with Crippen molar-refractivity contribution in [2.75, 3.05) is 31.5 Å². The molecular weight excluding hydrogens is 492 g/mol. The zero-order valence-electron chi connectivity index (χ0n) is 20.8. The van der Waals surface area contributed by atoms with Crippen molar-refractivity contribution >= 4 is 39.9 Å². The molecule has 0 radical (unpaired) electrons. The number of aliphatic hydroxyl groups excluding tert-OH is 2. The molecule has 5 atom stereocenters. The molecule has 4 N–H and O–H groups in total. The highest BCUT2D eigenvalue weighted by molar-refractivity contribution is 7.17. The van der Waals surface area contributed by atoms with Gasteiger partial charge < -0.3 is 30.3 Å². The highest BCUT2D eigenvalue weighted by Gasteiger charge is 2.43. The van der Waals surface area contributed by atoms with Gasteiger partial charge in [0.25, 0.3) is 11.8 Å². The number of rotatable bonds is 5. The van der Waals surface area contributed by atoms with Crippen LogP contribution in [0.25, 0.3) is 21.6 Å². The minimum atomic E-state index is -0.955. The Bertz CT molecular complexity index is 1310. The first-order valence-corrected chi connectivity index (χ1v) is 13.8. The molecule has 10 nitrogen and oxygen atoms in total. The maximum Gasteiger partial charge on any atom is 0.265 e. The van der Waals surface area contributed by atoms with Crippen LogP contribution >= 0.6 is 11.3 Å². The molecule has 37 heavy (non-hydrogen) atoms. The number of aromatic amines is 1. The summed E-state index contributed by atoms with van der Waals surface area (Å²) in [6, 6.07) is 2.25. The lowest BCUT2D eigenvalue weighted by molar-refractivity contribution is -0.138. The van der Waals surface area contributed by atoms with E-state index in [2.05, 4.69) is 20.3 Å². The van der Waals surface area contributed by atoms with Crippen molar-refractivity contribution in [1.82, 2.24) is 24.8 Å². The molecule has 3 aromatic rings. The summed E-state index contributed by atoms with van der Waals surface area (Å²) in [5.74, 6) is 0.553. The molecule has 1 saturated carbocycles. The van der Waals surface area contributed by atoms with Gasteiger partial charge in [-0.25, -0.2) is 9.97 Å². The predicted molar refractivity (Wildman–Crippen MR) is 140 cm³/mol. The normalized spacial score (nSPS) is 26.5. The highest BCUT2D eigenvalue weighted by atomic mass is 32.1. The van der Waals surface area contributed by atoms with Gasteiger partial charge in [0.05, 0.1) is 23.6 Å². The molecular formula is C26H32N6O4S. The number of pyridine rings is 1. The number of likely N-dealkylation sites (tertiary alicyclic amines) is 2. The van der Waals surface area contributed by atoms with Crippen LogP contribution in [0.4, 0.5) is 5.69 Å². The maximum atomic E-state index is 13.1. The SMILES string of the molecule is C[C@H](O)C(=O)N1C[C@H]2CC(Nc3c(-c4ncc(C(=O)N5CCCC(O)C5)s4)cnc4[nH]ccc34)C[C@H]2C1. The zero-order chi connectivity index (χ0) is 25.7. The molecule has 0 aromatic carbocycles. The Balaban J connectivity index is 1.22. The number of nitrogens with zero attached hydrogens (tertiary/aromatic N) is 4. The van der Waals surface area contributed by atoms with Crippen molar-refractivity contribution in [3.05, 3.63) is 29.5 Å². The van der Waals surface area contributed by atoms with Gasteiger partial charge in [-0.05, 0) is 50.5 Å². The van der Waals surface area contributed by atoms with Crippen molar-refractivity contribution < 1.29 is 19.8 Å². The fraction of sp³-hybridized carbons (Fsp3) is 0.538. The quantitative estimate of drug-likeness (QED) is 0.402. The number of amides is 2. The zero-order valence-corrected chi connectivity index (χ0v) is 21.6. The fourth-order valence-electron chi connectivity index (χ4n) is 6.18. The Morgan fingerprint density at radius 1 is 1.16 bits per heavy atom. The summed E-state index contributed by atoms with van der Waals surface area (Å²) in [6.45, 7) is 3.93. The lowest BCUT2D eigenvalue weighted by atomic mass is 10.0. The number of β-amino-alcohol motifs (C(OH)–C–C–N with tert-alkyl or cyclic N) is 1. The molecule has 3 fully saturated rings. The largest absolute Gasteiger partial charge is 0.391 e. The van der Waals surface area contributed by atoms with E-state index in [1.54, 1.807) is 22.2 Å². The van der Waals surface area contributed by atoms with Crippen LogP contribution in [0.2, 0.25) is 0 Å². The second kappa shape index (κ2) is 9.70. The lowest BCUT2D eigenvalue weighted by Gasteiger charge is -2.29. The smallest absolute Gasteiger partial charge is 0.265 e. The molecule has 6 rings (SSSR count). The molecule has 1 aliphatic carbocycles. The van der Waals surface area contributed by atoms with E-state index in [9.17, 15) is 19.8 Å². The van der Waals surface area contributed by atoms with Gasteiger partial charge in [0, 0.05) is 50.0 Å². The second-order valence-electron chi connectivity index (χ2n) is 10.6. The van der Waals surface area contributed by atoms with E-state index in [0.29, 0.717) is 42.9 Å². The van der Waals surface area contributed by atoms with Crippen LogP contribution < -0.4 is 5.32 Å². The first kappa shape index (κ1) is 24.3. The van der Waals surface area contributed by atoms with Gasteiger partial charge in [0.15, 0.2) is 0 Å². The van der Waals surface area contributed by atoms with E-state index in [1.165, 1.54) is 18.3 Å². The minimum Gasteiger partial charge on any atom is -0.391 e. The number of thiazole rings is 1. The van der Waals surface area contributed by atoms with Gasteiger partial charge in [-0.15, -0.1) is 11.3 Å². The number of fused-ring (bicyclic) bond motifs is 2. The third kappa shape index (κ3) is 4.60. The lowest BCUT2D eigenvalue weighted by Crippen LogP contribution is -2.41. The number of H-pyrrole nitrogens is 1. The Hall–Kier alpha value is -3.02. The Morgan fingerprint density at radius 3 is 2.68 bits per heavy atom. The number of nitrogens with one attached hydrogen (secondary N) is 2. The molecule has 2 aliphatic heterocycles. The second-order valence-corrected chi connectivity index (χ2v) is 11.6. The Labute approximate surface area is 218 Å². The van der Waals surface area contributed by atoms with E-state index < -0.39 is 12.2 Å². The standard InChI is InChI=1S/C26H32N6O4S/c1-14(33)25(35)32-11-15-7-17(8-16(15)12-32)30-22-19-4-5-27-23(19)28-9-20(22)24-29-10-21(37-24)26(36)31-6-2-3-18(34)13-31/h4-5,9-10,14-18,33-34H,2-3,6-8,11-13H2,1H3,(H2,27,28,30)/t14-,15-,16+,17?,18?/m0/s1. The number of anilines is 1. The Morgan fingerprint density at radius 2 is 1.95 bits per heavy atom. The van der Waals surface area contributed by atoms with Crippen molar-refractivity contribution in [1.29, 1.82) is 0 Å². The van der Waals surface area contributed by atoms with E-state index >= 15 is 0 Å². The molecule has 2 unspecified atom stereocenters. The van der Waals surface area contributed by atoms with Crippen molar-refractivity contribution in [2.24, 2.45) is 11.8 Å². The van der Waals surface area contributed by atoms with E-state index in [0.717, 1.165) is 53.0 Å². The van der Waals surface area contributed by atoms with Gasteiger partial charge in [0.2, 0.25) is 0 Å². The number of hydrogen-bond donors (Lipinski definition) is 4. The van der Waals surface area contributed by atoms with Crippen molar-refractivity contribution in [3.8, 4) is 10.6 Å². The van der Waals surface area contributed by atoms with Gasteiger partial charge in [-0.1, -0.05) is 0 Å². The molecule has 3 aromatic heterocycles. The number of carbonyl (C=O) groups excluding carboxylic acids is 2. The number of hydrogen-bond acceptors (Lipinski definition) is 8. The third-order valence-electron chi connectivity index (χ3n) is 7.99. The molecule has 3 aliphatic rings. The average Bonchev–Trinajstić information content (AvgIpc) is 3.66. The number of carbonyl (C=O) groups is 2. The summed E-state index contributed by atoms with van der Waals surface area (Å²) in [5.41, 5.74) is 2.60. The van der Waals surface area contributed by atoms with E-state index in [4.69, 9.17) is 0 Å². The highest BCUT2D eigenvalue weighted by Crippen LogP contribution is 2.42. The fourth-order valence-corrected chi connectivity index (χ4v) is 7.08. The van der Waals surface area contributed by atoms with Gasteiger partial charge in [-0.2, -0.15) is 0 Å². The molecule has 11 heteroatoms. The summed E-state index contributed by atoms with van der Waals surface area (Å²) >= 11 is 1.35. The molecule has 2 saturated heterocycles. The molecule has 0 spiro atoms. The van der Waals surface area contributed by atoms with Crippen LogP contribution in [0.3, 0.4) is 0 Å². The number of aliphatic hydroxyl groups is 2. The monoisotopic (exact) mass is 524 g/mol. The number of piperidine rings is 1. The van der Waals surface area contributed by atoms with Gasteiger partial charge in [-0.3, -0.25) is 9.59 Å². The summed E-state index contributed by atoms with van der Waals surface area (Å²) in [5, 5.41) is 25.1. The molecule has 196 valence electrons. The van der Waals surface area contributed by atoms with E-state index in [1.807, 2.05) is 12.3 Å². The minimum absolute atomic E-state index is 0.0902. The van der Waals surface area contributed by atoms with Crippen molar-refractivity contribution in [2.45, 2.75) is 50.9 Å². The average molecular weight is 525 g/mol. The summed E-state index contributed by atoms with van der Waals surface area (Å²) in [7, 11) is 0. The topological polar surface area (TPSA) is 135 Å². The van der Waals surface area contributed by atoms with Crippen LogP contribution in [0.5, 0.6) is 0 Å². The first-order chi connectivity index (χ1) is 17.9. The maximum absolute atomic E-state index is 13.1. The molecule has 2 amide bonds. The van der Waals surface area contributed by atoms with Crippen LogP contribution in [0, 0.1) is 11.8 Å². The predicted octanol–water partition coefficient (Wildman–Crippen LogP) is 2.31. The van der Waals surface area contributed by atoms with Crippen LogP contribution in [-0.4, -0.2) is 91.2 Å². The van der Waals surface area contributed by atoms with Crippen LogP contribution in [0.1, 0.15) is 42.3 Å². The summed E-state index contributed by atoms with van der Waals surface area (Å²) in [6.07, 6.45) is 7.30. The van der Waals surface area contributed by atoms with Crippen molar-refractivity contribution in [3.63, 3.8) is 0 Å². The molecule has 5 heterocycles. The van der Waals surface area contributed by atoms with E-state index in [-0.39, 0.29) is 17.9 Å². The number of aromatic nitrogens is 3. The first-order valence-electron chi connectivity index (χ1n) is 13.0.